The normalized spacial score (nSPS) is 17.3. The molecule has 5 atom stereocenters. The third kappa shape index (κ3) is 10.5. The summed E-state index contributed by atoms with van der Waals surface area (Å²) in [7, 11) is -3.70. The van der Waals surface area contributed by atoms with Crippen LogP contribution in [0.5, 0.6) is 0 Å². The molecule has 4 amide bonds. The van der Waals surface area contributed by atoms with Crippen molar-refractivity contribution in [2.75, 3.05) is 12.0 Å². The summed E-state index contributed by atoms with van der Waals surface area (Å²) in [5, 5.41) is 8.68. The van der Waals surface area contributed by atoms with E-state index in [1.165, 1.54) is 6.07 Å². The van der Waals surface area contributed by atoms with Crippen molar-refractivity contribution >= 4 is 44.4 Å². The Bertz CT molecular complexity index is 1900. The van der Waals surface area contributed by atoms with Crippen LogP contribution < -0.4 is 16.0 Å². The molecular formula is C37H39N4O7S. The Morgan fingerprint density at radius 2 is 1.53 bits per heavy atom. The third-order valence-electron chi connectivity index (χ3n) is 8.15. The van der Waals surface area contributed by atoms with Gasteiger partial charge in [-0.1, -0.05) is 91.9 Å². The van der Waals surface area contributed by atoms with Crippen LogP contribution in [-0.4, -0.2) is 73.3 Å². The summed E-state index contributed by atoms with van der Waals surface area (Å²) in [4.78, 5) is 56.8. The van der Waals surface area contributed by atoms with Gasteiger partial charge < -0.3 is 15.4 Å². The molecule has 49 heavy (non-hydrogen) atoms. The summed E-state index contributed by atoms with van der Waals surface area (Å²) in [6.07, 6.45) is 2.45. The first-order chi connectivity index (χ1) is 23.4. The maximum absolute atomic E-state index is 13.6. The molecule has 0 bridgehead atoms. The quantitative estimate of drug-likeness (QED) is 0.161. The number of sulfone groups is 1. The summed E-state index contributed by atoms with van der Waals surface area (Å²) in [6.45, 7) is 1.74. The van der Waals surface area contributed by atoms with E-state index in [9.17, 15) is 27.6 Å². The second kappa shape index (κ2) is 16.0. The Morgan fingerprint density at radius 1 is 0.857 bits per heavy atom. The van der Waals surface area contributed by atoms with Gasteiger partial charge in [-0.05, 0) is 48.9 Å². The van der Waals surface area contributed by atoms with Gasteiger partial charge >= 0.3 is 0 Å². The summed E-state index contributed by atoms with van der Waals surface area (Å²) in [5.41, 5.74) is 2.48. The van der Waals surface area contributed by atoms with E-state index in [0.29, 0.717) is 18.4 Å². The molecule has 3 aromatic carbocycles. The van der Waals surface area contributed by atoms with E-state index in [0.717, 1.165) is 22.8 Å². The summed E-state index contributed by atoms with van der Waals surface area (Å²) in [5.74, 6) is -3.46. The average molecular weight is 684 g/mol. The van der Waals surface area contributed by atoms with E-state index in [4.69, 9.17) is 4.74 Å². The number of hydrogen-bond acceptors (Lipinski definition) is 8. The molecule has 255 valence electrons. The molecule has 1 aromatic heterocycles. The lowest BCUT2D eigenvalue weighted by Crippen LogP contribution is -2.53. The van der Waals surface area contributed by atoms with Crippen molar-refractivity contribution in [2.24, 2.45) is 5.92 Å². The molecule has 3 N–H and O–H groups in total. The zero-order chi connectivity index (χ0) is 35.0. The van der Waals surface area contributed by atoms with Crippen molar-refractivity contribution in [1.29, 1.82) is 0 Å². The molecule has 0 saturated carbocycles. The average Bonchev–Trinajstić information content (AvgIpc) is 3.86. The molecule has 5 rings (SSSR count). The summed E-state index contributed by atoms with van der Waals surface area (Å²) in [6, 6.07) is 27.3. The van der Waals surface area contributed by atoms with E-state index in [1.807, 2.05) is 79.2 Å². The summed E-state index contributed by atoms with van der Waals surface area (Å²) >= 11 is 0. The van der Waals surface area contributed by atoms with Gasteiger partial charge in [-0.3, -0.25) is 24.5 Å². The first kappa shape index (κ1) is 35.4. The minimum atomic E-state index is -3.70. The number of para-hydroxylation sites is 1. The second-order valence-corrected chi connectivity index (χ2v) is 14.5. The monoisotopic (exact) mass is 683 g/mol. The molecule has 4 aromatic rings. The SMILES string of the molecule is C[C@@H](C[CH]c1ccccc1)C(=O)NC(=O)[C@H]1OC1C[C@H](Cc1ccccc1)NC(=O)[C@H](CS(C)(=O)=O)NC(=O)c1ccc2ccccc2n1. The largest absolute Gasteiger partial charge is 0.359 e. The molecule has 1 aliphatic rings. The Hall–Kier alpha value is -4.94. The highest BCUT2D eigenvalue weighted by Crippen LogP contribution is 2.28. The van der Waals surface area contributed by atoms with Crippen LogP contribution in [0.25, 0.3) is 10.9 Å². The van der Waals surface area contributed by atoms with E-state index >= 15 is 0 Å². The number of pyridine rings is 1. The number of hydrogen-bond donors (Lipinski definition) is 3. The Morgan fingerprint density at radius 3 is 2.24 bits per heavy atom. The van der Waals surface area contributed by atoms with Gasteiger partial charge in [-0.15, -0.1) is 0 Å². The van der Waals surface area contributed by atoms with Crippen LogP contribution in [0, 0.1) is 12.3 Å². The van der Waals surface area contributed by atoms with Crippen molar-refractivity contribution in [3.63, 3.8) is 0 Å². The predicted octanol–water partition coefficient (Wildman–Crippen LogP) is 3.18. The van der Waals surface area contributed by atoms with Crippen molar-refractivity contribution < 1.29 is 32.3 Å². The number of ether oxygens (including phenoxy) is 1. The maximum atomic E-state index is 13.6. The van der Waals surface area contributed by atoms with Crippen molar-refractivity contribution in [2.45, 2.75) is 50.5 Å². The van der Waals surface area contributed by atoms with Gasteiger partial charge in [-0.25, -0.2) is 13.4 Å². The first-order valence-electron chi connectivity index (χ1n) is 16.0. The topological polar surface area (TPSA) is 164 Å². The molecule has 0 spiro atoms. The minimum absolute atomic E-state index is 0.0351. The molecule has 1 fully saturated rings. The Balaban J connectivity index is 1.22. The van der Waals surface area contributed by atoms with Gasteiger partial charge in [0.2, 0.25) is 11.8 Å². The fourth-order valence-corrected chi connectivity index (χ4v) is 6.30. The van der Waals surface area contributed by atoms with Gasteiger partial charge in [0.05, 0.1) is 17.4 Å². The lowest BCUT2D eigenvalue weighted by molar-refractivity contribution is -0.133. The van der Waals surface area contributed by atoms with Crippen LogP contribution in [-0.2, 0) is 35.4 Å². The van der Waals surface area contributed by atoms with Gasteiger partial charge in [0, 0.05) is 23.6 Å². The molecule has 1 unspecified atom stereocenters. The van der Waals surface area contributed by atoms with Gasteiger partial charge in [0.15, 0.2) is 6.10 Å². The van der Waals surface area contributed by atoms with Gasteiger partial charge in [0.1, 0.15) is 21.6 Å². The number of imide groups is 1. The highest BCUT2D eigenvalue weighted by atomic mass is 32.2. The number of epoxide rings is 1. The molecule has 2 heterocycles. The van der Waals surface area contributed by atoms with Crippen LogP contribution in [0.2, 0.25) is 0 Å². The molecule has 11 nitrogen and oxygen atoms in total. The molecule has 1 radical (unpaired) electrons. The molecule has 1 aliphatic heterocycles. The van der Waals surface area contributed by atoms with Crippen LogP contribution in [0.3, 0.4) is 0 Å². The third-order valence-corrected chi connectivity index (χ3v) is 9.09. The van der Waals surface area contributed by atoms with Crippen LogP contribution in [0.4, 0.5) is 0 Å². The zero-order valence-electron chi connectivity index (χ0n) is 27.2. The zero-order valence-corrected chi connectivity index (χ0v) is 28.1. The van der Waals surface area contributed by atoms with Crippen molar-refractivity contribution in [3.05, 3.63) is 120 Å². The van der Waals surface area contributed by atoms with E-state index in [-0.39, 0.29) is 12.1 Å². The van der Waals surface area contributed by atoms with Crippen molar-refractivity contribution in [1.82, 2.24) is 20.9 Å². The van der Waals surface area contributed by atoms with Crippen molar-refractivity contribution in [3.8, 4) is 0 Å². The van der Waals surface area contributed by atoms with Gasteiger partial charge in [0.25, 0.3) is 11.8 Å². The number of nitrogens with one attached hydrogen (secondary N) is 3. The second-order valence-electron chi connectivity index (χ2n) is 12.3. The number of aromatic nitrogens is 1. The van der Waals surface area contributed by atoms with E-state index in [2.05, 4.69) is 20.9 Å². The smallest absolute Gasteiger partial charge is 0.270 e. The number of carbonyl (C=O) groups excluding carboxylic acids is 4. The first-order valence-corrected chi connectivity index (χ1v) is 18.1. The Labute approximate surface area is 285 Å². The highest BCUT2D eigenvalue weighted by Gasteiger charge is 2.47. The standard InChI is InChI=1S/C37H39N4O7S/c1-24(17-18-25-11-5-3-6-12-25)34(42)41-37(45)33-32(48-33)22-28(21-26-13-7-4-8-14-26)38-36(44)31(23-49(2,46)47)40-35(43)30-20-19-27-15-9-10-16-29(27)39-30/h3-16,18-20,24,28,31-33H,17,21-23H2,1-2H3,(H,38,44)(H,40,43)(H,41,42,45)/t24-,28-,31-,32?,33-/m0/s1. The Kier molecular flexibility index (Phi) is 11.5. The van der Waals surface area contributed by atoms with E-state index < -0.39 is 69.4 Å². The number of nitrogens with zero attached hydrogens (tertiary/aromatic N) is 1. The van der Waals surface area contributed by atoms with E-state index in [1.54, 1.807) is 25.1 Å². The molecule has 12 heteroatoms. The van der Waals surface area contributed by atoms with Gasteiger partial charge in [-0.2, -0.15) is 0 Å². The van der Waals surface area contributed by atoms with Crippen LogP contribution in [0.15, 0.2) is 97.1 Å². The lowest BCUT2D eigenvalue weighted by Gasteiger charge is -2.23. The van der Waals surface area contributed by atoms with Crippen LogP contribution in [0.1, 0.15) is 41.4 Å². The summed E-state index contributed by atoms with van der Waals surface area (Å²) < 4.78 is 30.3. The number of rotatable bonds is 15. The minimum Gasteiger partial charge on any atom is -0.359 e. The number of amides is 4. The fourth-order valence-electron chi connectivity index (χ4n) is 5.46. The highest BCUT2D eigenvalue weighted by molar-refractivity contribution is 7.90. The maximum Gasteiger partial charge on any atom is 0.270 e. The fraction of sp³-hybridized carbons (Fsp3) is 0.297. The number of fused-ring (bicyclic) bond motifs is 1. The molecule has 1 saturated heterocycles. The predicted molar refractivity (Wildman–Crippen MR) is 185 cm³/mol. The number of benzene rings is 3. The number of carbonyl (C=O) groups is 4. The van der Waals surface area contributed by atoms with Crippen LogP contribution >= 0.6 is 0 Å². The molecule has 0 aliphatic carbocycles. The lowest BCUT2D eigenvalue weighted by atomic mass is 9.99. The molecular weight excluding hydrogens is 644 g/mol.